The highest BCUT2D eigenvalue weighted by Crippen LogP contribution is 2.24. The highest BCUT2D eigenvalue weighted by atomic mass is 16.2. The van der Waals surface area contributed by atoms with Crippen molar-refractivity contribution in [2.24, 2.45) is 0 Å². The van der Waals surface area contributed by atoms with Gasteiger partial charge in [0.15, 0.2) is 0 Å². The summed E-state index contributed by atoms with van der Waals surface area (Å²) in [6.07, 6.45) is 0. The quantitative estimate of drug-likeness (QED) is 0.628. The smallest absolute Gasteiger partial charge is 0.277 e. The van der Waals surface area contributed by atoms with Crippen LogP contribution in [-0.2, 0) is 5.41 Å². The van der Waals surface area contributed by atoms with Crippen LogP contribution in [0, 0.1) is 6.92 Å². The molecular weight excluding hydrogens is 360 g/mol. The number of aryl methyl sites for hydroxylation is 1. The number of rotatable bonds is 5. The maximum Gasteiger partial charge on any atom is 0.277 e. The van der Waals surface area contributed by atoms with Gasteiger partial charge in [0.1, 0.15) is 5.69 Å². The molecule has 0 saturated carbocycles. The van der Waals surface area contributed by atoms with Gasteiger partial charge in [0.05, 0.1) is 0 Å². The van der Waals surface area contributed by atoms with Crippen molar-refractivity contribution in [3.8, 4) is 0 Å². The molecule has 1 aromatic heterocycles. The van der Waals surface area contributed by atoms with E-state index < -0.39 is 0 Å². The molecule has 5 heteroatoms. The molecule has 1 N–H and O–H groups in total. The van der Waals surface area contributed by atoms with Gasteiger partial charge in [-0.1, -0.05) is 51.1 Å². The van der Waals surface area contributed by atoms with Gasteiger partial charge < -0.3 is 10.2 Å². The van der Waals surface area contributed by atoms with Gasteiger partial charge in [-0.15, -0.1) is 0 Å². The van der Waals surface area contributed by atoms with Gasteiger partial charge in [0.25, 0.3) is 5.91 Å². The number of nitrogens with zero attached hydrogens (tertiary/aromatic N) is 3. The second kappa shape index (κ2) is 8.43. The largest absolute Gasteiger partial charge is 0.324 e. The number of anilines is 3. The van der Waals surface area contributed by atoms with Crippen LogP contribution in [0.4, 0.5) is 17.3 Å². The van der Waals surface area contributed by atoms with E-state index in [-0.39, 0.29) is 11.3 Å². The van der Waals surface area contributed by atoms with Gasteiger partial charge in [0.2, 0.25) is 5.95 Å². The van der Waals surface area contributed by atoms with Crippen molar-refractivity contribution >= 4 is 23.2 Å². The first-order valence-corrected chi connectivity index (χ1v) is 9.88. The molecule has 2 aromatic carbocycles. The molecule has 1 amide bonds. The maximum atomic E-state index is 13.1. The zero-order valence-electron chi connectivity index (χ0n) is 17.7. The molecule has 0 atom stereocenters. The van der Waals surface area contributed by atoms with E-state index in [4.69, 9.17) is 0 Å². The zero-order chi connectivity index (χ0) is 21.0. The summed E-state index contributed by atoms with van der Waals surface area (Å²) in [4.78, 5) is 23.7. The lowest BCUT2D eigenvalue weighted by Crippen LogP contribution is -2.31. The van der Waals surface area contributed by atoms with Crippen LogP contribution < -0.4 is 10.2 Å². The number of nitrogens with one attached hydrogen (secondary N) is 1. The van der Waals surface area contributed by atoms with Crippen LogP contribution in [0.25, 0.3) is 0 Å². The molecular formula is C24H28N4O. The monoisotopic (exact) mass is 388 g/mol. The van der Waals surface area contributed by atoms with Crippen LogP contribution in [0.2, 0.25) is 0 Å². The molecule has 3 aromatic rings. The number of hydrogen-bond acceptors (Lipinski definition) is 4. The molecule has 0 aliphatic carbocycles. The molecule has 0 aliphatic heterocycles. The first-order valence-electron chi connectivity index (χ1n) is 9.88. The molecule has 0 spiro atoms. The lowest BCUT2D eigenvalue weighted by molar-refractivity contribution is 0.0983. The van der Waals surface area contributed by atoms with Crippen LogP contribution in [0.15, 0.2) is 60.7 Å². The fourth-order valence-corrected chi connectivity index (χ4v) is 3.11. The van der Waals surface area contributed by atoms with Crippen molar-refractivity contribution in [2.75, 3.05) is 16.8 Å². The molecule has 0 radical (unpaired) electrons. The lowest BCUT2D eigenvalue weighted by atomic mass is 9.87. The van der Waals surface area contributed by atoms with E-state index in [0.29, 0.717) is 18.2 Å². The Bertz CT molecular complexity index is 976. The number of amides is 1. The van der Waals surface area contributed by atoms with Gasteiger partial charge in [-0.25, -0.2) is 9.97 Å². The van der Waals surface area contributed by atoms with E-state index in [9.17, 15) is 4.79 Å². The van der Waals surface area contributed by atoms with Gasteiger partial charge in [-0.05, 0) is 55.2 Å². The van der Waals surface area contributed by atoms with Crippen LogP contribution in [0.5, 0.6) is 0 Å². The van der Waals surface area contributed by atoms with E-state index in [1.54, 1.807) is 11.0 Å². The van der Waals surface area contributed by atoms with Gasteiger partial charge in [-0.2, -0.15) is 0 Å². The van der Waals surface area contributed by atoms with Crippen molar-refractivity contribution in [2.45, 2.75) is 40.0 Å². The van der Waals surface area contributed by atoms with Crippen molar-refractivity contribution in [1.29, 1.82) is 0 Å². The predicted molar refractivity (Wildman–Crippen MR) is 119 cm³/mol. The fraction of sp³-hybridized carbons (Fsp3) is 0.292. The summed E-state index contributed by atoms with van der Waals surface area (Å²) in [7, 11) is 0. The maximum absolute atomic E-state index is 13.1. The summed E-state index contributed by atoms with van der Waals surface area (Å²) >= 11 is 0. The first-order chi connectivity index (χ1) is 13.8. The van der Waals surface area contributed by atoms with Crippen LogP contribution in [0.3, 0.4) is 0 Å². The Morgan fingerprint density at radius 3 is 2.24 bits per heavy atom. The highest BCUT2D eigenvalue weighted by molar-refractivity contribution is 6.05. The third-order valence-electron chi connectivity index (χ3n) is 4.71. The molecule has 3 rings (SSSR count). The van der Waals surface area contributed by atoms with Crippen LogP contribution in [0.1, 0.15) is 49.4 Å². The van der Waals surface area contributed by atoms with Crippen molar-refractivity contribution in [1.82, 2.24) is 9.97 Å². The molecule has 0 fully saturated rings. The van der Waals surface area contributed by atoms with Crippen molar-refractivity contribution in [3.63, 3.8) is 0 Å². The summed E-state index contributed by atoms with van der Waals surface area (Å²) in [6, 6.07) is 19.6. The average Bonchev–Trinajstić information content (AvgIpc) is 2.68. The van der Waals surface area contributed by atoms with Crippen molar-refractivity contribution < 1.29 is 4.79 Å². The molecule has 0 bridgehead atoms. The third kappa shape index (κ3) is 4.99. The Kier molecular flexibility index (Phi) is 5.97. The first kappa shape index (κ1) is 20.5. The number of para-hydroxylation sites is 1. The summed E-state index contributed by atoms with van der Waals surface area (Å²) in [6.45, 7) is 10.9. The fourth-order valence-electron chi connectivity index (χ4n) is 3.11. The number of carbonyl (C=O) groups is 1. The van der Waals surface area contributed by atoms with Gasteiger partial charge >= 0.3 is 0 Å². The molecule has 0 aliphatic rings. The molecule has 1 heterocycles. The lowest BCUT2D eigenvalue weighted by Gasteiger charge is -2.21. The van der Waals surface area contributed by atoms with Crippen LogP contribution >= 0.6 is 0 Å². The second-order valence-electron chi connectivity index (χ2n) is 8.06. The standard InChI is InChI=1S/C24H28N4O/c1-6-28(20-10-8-7-9-11-20)22(29)21-16-17(2)25-23(27-21)26-19-14-12-18(13-15-19)24(3,4)5/h7-16H,6H2,1-5H3,(H,25,26,27). The minimum Gasteiger partial charge on any atom is -0.324 e. The number of carbonyl (C=O) groups excluding carboxylic acids is 1. The summed E-state index contributed by atoms with van der Waals surface area (Å²) < 4.78 is 0. The number of hydrogen-bond donors (Lipinski definition) is 1. The van der Waals surface area contributed by atoms with E-state index in [1.807, 2.05) is 56.3 Å². The molecule has 150 valence electrons. The van der Waals surface area contributed by atoms with E-state index in [1.165, 1.54) is 5.56 Å². The van der Waals surface area contributed by atoms with E-state index in [0.717, 1.165) is 17.1 Å². The highest BCUT2D eigenvalue weighted by Gasteiger charge is 2.19. The number of benzene rings is 2. The van der Waals surface area contributed by atoms with E-state index >= 15 is 0 Å². The average molecular weight is 389 g/mol. The topological polar surface area (TPSA) is 58.1 Å². The molecule has 29 heavy (non-hydrogen) atoms. The second-order valence-corrected chi connectivity index (χ2v) is 8.06. The van der Waals surface area contributed by atoms with Crippen LogP contribution in [-0.4, -0.2) is 22.4 Å². The third-order valence-corrected chi connectivity index (χ3v) is 4.71. The number of aromatic nitrogens is 2. The van der Waals surface area contributed by atoms with E-state index in [2.05, 4.69) is 48.2 Å². The normalized spacial score (nSPS) is 11.2. The molecule has 5 nitrogen and oxygen atoms in total. The van der Waals surface area contributed by atoms with Gasteiger partial charge in [-0.3, -0.25) is 4.79 Å². The zero-order valence-corrected chi connectivity index (χ0v) is 17.7. The van der Waals surface area contributed by atoms with Gasteiger partial charge in [0, 0.05) is 23.6 Å². The minimum absolute atomic E-state index is 0.0962. The Labute approximate surface area is 172 Å². The SMILES string of the molecule is CCN(C(=O)c1cc(C)nc(Nc2ccc(C(C)(C)C)cc2)n1)c1ccccc1. The molecule has 0 saturated heterocycles. The summed E-state index contributed by atoms with van der Waals surface area (Å²) in [5, 5.41) is 3.22. The minimum atomic E-state index is -0.143. The van der Waals surface area contributed by atoms with Crippen molar-refractivity contribution in [3.05, 3.63) is 77.6 Å². The predicted octanol–water partition coefficient (Wildman–Crippen LogP) is 5.49. The Morgan fingerprint density at radius 2 is 1.66 bits per heavy atom. The Balaban J connectivity index is 1.85. The Morgan fingerprint density at radius 1 is 1.00 bits per heavy atom. The molecule has 0 unspecified atom stereocenters. The Hall–Kier alpha value is -3.21. The summed E-state index contributed by atoms with van der Waals surface area (Å²) in [5.74, 6) is 0.274. The summed E-state index contributed by atoms with van der Waals surface area (Å²) in [5.41, 5.74) is 4.20.